The second-order valence-electron chi connectivity index (χ2n) is 2.41. The Hall–Kier alpha value is -0.911. The van der Waals surface area contributed by atoms with Crippen LogP contribution in [-0.2, 0) is 17.1 Å². The molecule has 0 spiro atoms. The largest absolute Gasteiger partial charge is 2.00 e. The molecule has 0 nitrogen and oxygen atoms in total. The first-order valence-electron chi connectivity index (χ1n) is 4.01. The van der Waals surface area contributed by atoms with Gasteiger partial charge in [0.25, 0.3) is 0 Å². The van der Waals surface area contributed by atoms with E-state index in [1.54, 1.807) is 0 Å². The minimum absolute atomic E-state index is 0. The summed E-state index contributed by atoms with van der Waals surface area (Å²) in [5.74, 6) is 0. The minimum Gasteiger partial charge on any atom is -0.214 e. The van der Waals surface area contributed by atoms with E-state index in [0.717, 1.165) is 12.0 Å². The molecular formula is C12H12Fe. The van der Waals surface area contributed by atoms with E-state index in [-0.39, 0.29) is 17.1 Å². The number of hydrogen-bond donors (Lipinski definition) is 0. The second kappa shape index (κ2) is 7.72. The summed E-state index contributed by atoms with van der Waals surface area (Å²) in [4.78, 5) is 0. The average Bonchev–Trinajstić information content (AvgIpc) is 2.81. The summed E-state index contributed by atoms with van der Waals surface area (Å²) in [6, 6.07) is 10.0. The summed E-state index contributed by atoms with van der Waals surface area (Å²) in [5, 5.41) is 0. The first-order valence-corrected chi connectivity index (χ1v) is 4.01. The smallest absolute Gasteiger partial charge is 0.214 e. The molecule has 0 aromatic heterocycles. The van der Waals surface area contributed by atoms with Crippen molar-refractivity contribution in [2.24, 2.45) is 0 Å². The van der Waals surface area contributed by atoms with E-state index in [9.17, 15) is 0 Å². The summed E-state index contributed by atoms with van der Waals surface area (Å²) in [6.07, 6.45) is 9.95. The third-order valence-electron chi connectivity index (χ3n) is 1.50. The molecule has 0 fully saturated rings. The van der Waals surface area contributed by atoms with Crippen molar-refractivity contribution in [1.29, 1.82) is 0 Å². The quantitative estimate of drug-likeness (QED) is 0.495. The van der Waals surface area contributed by atoms with Crippen LogP contribution >= 0.6 is 0 Å². The molecule has 1 aromatic carbocycles. The third kappa shape index (κ3) is 5.35. The predicted octanol–water partition coefficient (Wildman–Crippen LogP) is 3.26. The molecule has 13 heavy (non-hydrogen) atoms. The second-order valence-corrected chi connectivity index (χ2v) is 2.41. The van der Waals surface area contributed by atoms with Crippen LogP contribution in [0.2, 0.25) is 0 Å². The van der Waals surface area contributed by atoms with Crippen molar-refractivity contribution in [2.75, 3.05) is 0 Å². The van der Waals surface area contributed by atoms with Crippen molar-refractivity contribution in [3.63, 3.8) is 0 Å². The van der Waals surface area contributed by atoms with Gasteiger partial charge in [0.05, 0.1) is 0 Å². The van der Waals surface area contributed by atoms with Crippen molar-refractivity contribution >= 4 is 0 Å². The van der Waals surface area contributed by atoms with Crippen LogP contribution < -0.4 is 0 Å². The first kappa shape index (κ1) is 12.1. The van der Waals surface area contributed by atoms with Crippen molar-refractivity contribution in [1.82, 2.24) is 0 Å². The number of allylic oxidation sites excluding steroid dienone is 5. The van der Waals surface area contributed by atoms with Crippen LogP contribution in [0.25, 0.3) is 0 Å². The molecule has 1 aliphatic rings. The maximum absolute atomic E-state index is 3.59. The molecule has 1 aliphatic carbocycles. The van der Waals surface area contributed by atoms with Crippen LogP contribution in [0.1, 0.15) is 6.42 Å². The molecule has 68 valence electrons. The number of rotatable bonds is 1. The van der Waals surface area contributed by atoms with Gasteiger partial charge in [-0.15, -0.1) is 0 Å². The Kier molecular flexibility index (Phi) is 7.18. The first-order chi connectivity index (χ1) is 5.93. The van der Waals surface area contributed by atoms with Gasteiger partial charge >= 0.3 is 17.1 Å². The van der Waals surface area contributed by atoms with Crippen LogP contribution in [0.3, 0.4) is 0 Å². The molecule has 0 N–H and O–H groups in total. The van der Waals surface area contributed by atoms with Crippen LogP contribution in [0.15, 0.2) is 60.7 Å². The molecule has 0 saturated carbocycles. The summed E-state index contributed by atoms with van der Waals surface area (Å²) in [6.45, 7) is 3.59. The van der Waals surface area contributed by atoms with Gasteiger partial charge in [0.15, 0.2) is 0 Å². The van der Waals surface area contributed by atoms with Gasteiger partial charge in [-0.1, -0.05) is 6.42 Å². The fourth-order valence-corrected chi connectivity index (χ4v) is 0.885. The molecule has 1 heteroatoms. The van der Waals surface area contributed by atoms with Gasteiger partial charge in [-0.05, 0) is 0 Å². The summed E-state index contributed by atoms with van der Waals surface area (Å²) in [7, 11) is 0. The van der Waals surface area contributed by atoms with Crippen LogP contribution in [0.4, 0.5) is 0 Å². The topological polar surface area (TPSA) is 0 Å². The number of hydrogen-bond acceptors (Lipinski definition) is 0. The monoisotopic (exact) mass is 212 g/mol. The molecule has 0 heterocycles. The zero-order valence-corrected chi connectivity index (χ0v) is 8.49. The molecular weight excluding hydrogens is 200 g/mol. The summed E-state index contributed by atoms with van der Waals surface area (Å²) in [5.41, 5.74) is 1.13. The molecule has 0 unspecified atom stereocenters. The Bertz CT molecular complexity index is 248. The van der Waals surface area contributed by atoms with E-state index in [4.69, 9.17) is 0 Å². The Labute approximate surface area is 90.5 Å². The zero-order valence-electron chi connectivity index (χ0n) is 7.39. The molecule has 0 bridgehead atoms. The fourth-order valence-electron chi connectivity index (χ4n) is 0.885. The minimum atomic E-state index is 0. The Morgan fingerprint density at radius 1 is 1.38 bits per heavy atom. The SMILES string of the molecule is C=CC1=CCC=[C-]1.[Fe+2].c1cc[cH-]c1. The van der Waals surface area contributed by atoms with Gasteiger partial charge < -0.3 is 0 Å². The van der Waals surface area contributed by atoms with E-state index in [1.807, 2.05) is 42.5 Å². The maximum atomic E-state index is 3.59. The molecule has 0 aliphatic heterocycles. The molecule has 0 saturated heterocycles. The normalized spacial score (nSPS) is 12.2. The van der Waals surface area contributed by atoms with Crippen LogP contribution in [-0.4, -0.2) is 0 Å². The van der Waals surface area contributed by atoms with E-state index < -0.39 is 0 Å². The average molecular weight is 212 g/mol. The van der Waals surface area contributed by atoms with Gasteiger partial charge in [-0.25, -0.2) is 12.1 Å². The summed E-state index contributed by atoms with van der Waals surface area (Å²) < 4.78 is 0. The van der Waals surface area contributed by atoms with E-state index in [1.165, 1.54) is 0 Å². The molecule has 1 aromatic rings. The predicted molar refractivity (Wildman–Crippen MR) is 52.7 cm³/mol. The fraction of sp³-hybridized carbons (Fsp3) is 0.0833. The van der Waals surface area contributed by atoms with Gasteiger partial charge in [0, 0.05) is 0 Å². The third-order valence-corrected chi connectivity index (χ3v) is 1.50. The van der Waals surface area contributed by atoms with Crippen LogP contribution in [0, 0.1) is 6.08 Å². The van der Waals surface area contributed by atoms with Gasteiger partial charge in [-0.2, -0.15) is 54.7 Å². The van der Waals surface area contributed by atoms with Crippen LogP contribution in [0.5, 0.6) is 0 Å². The van der Waals surface area contributed by atoms with Gasteiger partial charge in [-0.3, -0.25) is 0 Å². The summed E-state index contributed by atoms with van der Waals surface area (Å²) >= 11 is 0. The van der Waals surface area contributed by atoms with Crippen molar-refractivity contribution < 1.29 is 17.1 Å². The molecule has 0 amide bonds. The molecule has 0 atom stereocenters. The van der Waals surface area contributed by atoms with Crippen molar-refractivity contribution in [3.05, 3.63) is 66.8 Å². The van der Waals surface area contributed by atoms with E-state index in [0.29, 0.717) is 0 Å². The van der Waals surface area contributed by atoms with Gasteiger partial charge in [0.1, 0.15) is 0 Å². The Morgan fingerprint density at radius 3 is 2.31 bits per heavy atom. The van der Waals surface area contributed by atoms with Crippen molar-refractivity contribution in [2.45, 2.75) is 6.42 Å². The molecule has 2 rings (SSSR count). The zero-order chi connectivity index (χ0) is 8.65. The molecule has 0 radical (unpaired) electrons. The van der Waals surface area contributed by atoms with Crippen molar-refractivity contribution in [3.8, 4) is 0 Å². The maximum Gasteiger partial charge on any atom is 2.00 e. The van der Waals surface area contributed by atoms with E-state index in [2.05, 4.69) is 18.7 Å². The standard InChI is InChI=1S/C7H7.C5H5.Fe/c1-2-7-5-3-4-6-7;1-2-4-5-3-1;/h2-3,6H,1,4H2;1-5H;/q2*-1;+2. The Morgan fingerprint density at radius 2 is 2.08 bits per heavy atom. The Balaban J connectivity index is 0.000000215. The van der Waals surface area contributed by atoms with E-state index >= 15 is 0 Å². The van der Waals surface area contributed by atoms with Gasteiger partial charge in [0.2, 0.25) is 0 Å².